The van der Waals surface area contributed by atoms with Crippen molar-refractivity contribution >= 4 is 21.6 Å². The third-order valence-electron chi connectivity index (χ3n) is 4.55. The number of likely N-dealkylation sites (N-methyl/N-ethyl adjacent to an activating group) is 1. The van der Waals surface area contributed by atoms with Gasteiger partial charge in [-0.15, -0.1) is 0 Å². The highest BCUT2D eigenvalue weighted by Gasteiger charge is 2.24. The lowest BCUT2D eigenvalue weighted by atomic mass is 10.2. The Morgan fingerprint density at radius 1 is 1.43 bits per heavy atom. The van der Waals surface area contributed by atoms with Crippen LogP contribution in [0, 0.1) is 5.92 Å². The SMILES string of the molecule is CCN1CCCC1CNc1cnn(CC2CC2)c(=O)c1Br. The average Bonchev–Trinajstić information content (AvgIpc) is 3.19. The molecule has 5 nitrogen and oxygen atoms in total. The van der Waals surface area contributed by atoms with E-state index in [0.717, 1.165) is 25.3 Å². The number of likely N-dealkylation sites (tertiary alicyclic amines) is 1. The van der Waals surface area contributed by atoms with Crippen molar-refractivity contribution in [3.8, 4) is 0 Å². The molecule has 1 aromatic heterocycles. The van der Waals surface area contributed by atoms with E-state index in [1.54, 1.807) is 10.9 Å². The molecular formula is C15H23BrN4O. The molecule has 2 fully saturated rings. The summed E-state index contributed by atoms with van der Waals surface area (Å²) < 4.78 is 2.19. The van der Waals surface area contributed by atoms with Crippen LogP contribution >= 0.6 is 15.9 Å². The highest BCUT2D eigenvalue weighted by Crippen LogP contribution is 2.30. The Bertz CT molecular complexity index is 555. The maximum absolute atomic E-state index is 12.3. The zero-order chi connectivity index (χ0) is 14.8. The smallest absolute Gasteiger partial charge is 0.283 e. The number of halogens is 1. The molecule has 0 aromatic carbocycles. The quantitative estimate of drug-likeness (QED) is 0.851. The van der Waals surface area contributed by atoms with Gasteiger partial charge >= 0.3 is 0 Å². The van der Waals surface area contributed by atoms with Crippen molar-refractivity contribution in [2.24, 2.45) is 5.92 Å². The molecule has 1 aromatic rings. The van der Waals surface area contributed by atoms with Crippen LogP contribution in [0.5, 0.6) is 0 Å². The Hall–Kier alpha value is -0.880. The van der Waals surface area contributed by atoms with Crippen LogP contribution in [0.15, 0.2) is 15.5 Å². The van der Waals surface area contributed by atoms with Crippen molar-refractivity contribution in [1.82, 2.24) is 14.7 Å². The first-order chi connectivity index (χ1) is 10.2. The molecule has 1 N–H and O–H groups in total. The predicted molar refractivity (Wildman–Crippen MR) is 87.7 cm³/mol. The molecule has 21 heavy (non-hydrogen) atoms. The fraction of sp³-hybridized carbons (Fsp3) is 0.733. The minimum Gasteiger partial charge on any atom is -0.381 e. The van der Waals surface area contributed by atoms with Gasteiger partial charge in [0.05, 0.1) is 11.9 Å². The lowest BCUT2D eigenvalue weighted by Crippen LogP contribution is -2.35. The fourth-order valence-corrected chi connectivity index (χ4v) is 3.48. The van der Waals surface area contributed by atoms with Gasteiger partial charge in [-0.3, -0.25) is 9.69 Å². The minimum atomic E-state index is -0.0225. The molecule has 0 bridgehead atoms. The Morgan fingerprint density at radius 3 is 2.95 bits per heavy atom. The highest BCUT2D eigenvalue weighted by atomic mass is 79.9. The number of nitrogens with zero attached hydrogens (tertiary/aromatic N) is 3. The van der Waals surface area contributed by atoms with Crippen molar-refractivity contribution in [2.45, 2.75) is 45.2 Å². The van der Waals surface area contributed by atoms with Gasteiger partial charge < -0.3 is 5.32 Å². The molecular weight excluding hydrogens is 332 g/mol. The number of hydrogen-bond donors (Lipinski definition) is 1. The van der Waals surface area contributed by atoms with Crippen molar-refractivity contribution < 1.29 is 0 Å². The van der Waals surface area contributed by atoms with E-state index < -0.39 is 0 Å². The van der Waals surface area contributed by atoms with Gasteiger partial charge in [-0.25, -0.2) is 4.68 Å². The van der Waals surface area contributed by atoms with E-state index in [1.807, 2.05) is 0 Å². The second-order valence-corrected chi connectivity index (χ2v) is 6.90. The van der Waals surface area contributed by atoms with Crippen LogP contribution in [0.25, 0.3) is 0 Å². The third kappa shape index (κ3) is 3.48. The molecule has 2 aliphatic rings. The molecule has 1 aliphatic carbocycles. The summed E-state index contributed by atoms with van der Waals surface area (Å²) in [6, 6.07) is 0.566. The number of anilines is 1. The van der Waals surface area contributed by atoms with Crippen molar-refractivity contribution in [3.63, 3.8) is 0 Å². The molecule has 3 rings (SSSR count). The lowest BCUT2D eigenvalue weighted by Gasteiger charge is -2.23. The van der Waals surface area contributed by atoms with Crippen LogP contribution in [0.1, 0.15) is 32.6 Å². The van der Waals surface area contributed by atoms with Crippen molar-refractivity contribution in [1.29, 1.82) is 0 Å². The van der Waals surface area contributed by atoms with E-state index in [1.165, 1.54) is 32.2 Å². The van der Waals surface area contributed by atoms with Crippen LogP contribution in [-0.4, -0.2) is 40.4 Å². The largest absolute Gasteiger partial charge is 0.381 e. The topological polar surface area (TPSA) is 50.2 Å². The molecule has 1 aliphatic heterocycles. The normalized spacial score (nSPS) is 22.7. The zero-order valence-corrected chi connectivity index (χ0v) is 14.1. The standard InChI is InChI=1S/C15H23BrN4O/c1-2-19-7-3-4-12(19)8-17-13-9-18-20(10-11-5-6-11)15(21)14(13)16/h9,11-12,17H,2-8,10H2,1H3. The van der Waals surface area contributed by atoms with Gasteiger partial charge in [0, 0.05) is 19.1 Å². The van der Waals surface area contributed by atoms with Crippen LogP contribution in [0.4, 0.5) is 5.69 Å². The van der Waals surface area contributed by atoms with E-state index >= 15 is 0 Å². The van der Waals surface area contributed by atoms with E-state index in [0.29, 0.717) is 16.4 Å². The van der Waals surface area contributed by atoms with Gasteiger partial charge in [0.2, 0.25) is 0 Å². The van der Waals surface area contributed by atoms with E-state index in [9.17, 15) is 4.79 Å². The highest BCUT2D eigenvalue weighted by molar-refractivity contribution is 9.10. The zero-order valence-electron chi connectivity index (χ0n) is 12.5. The first kappa shape index (κ1) is 15.0. The van der Waals surface area contributed by atoms with Crippen LogP contribution < -0.4 is 10.9 Å². The number of rotatable bonds is 6. The third-order valence-corrected chi connectivity index (χ3v) is 5.31. The molecule has 2 heterocycles. The number of aromatic nitrogens is 2. The molecule has 1 saturated heterocycles. The predicted octanol–water partition coefficient (Wildman–Crippen LogP) is 2.31. The van der Waals surface area contributed by atoms with Crippen LogP contribution in [0.2, 0.25) is 0 Å². The van der Waals surface area contributed by atoms with Crippen molar-refractivity contribution in [2.75, 3.05) is 25.0 Å². The first-order valence-corrected chi connectivity index (χ1v) is 8.72. The van der Waals surface area contributed by atoms with Crippen LogP contribution in [0.3, 0.4) is 0 Å². The summed E-state index contributed by atoms with van der Waals surface area (Å²) in [7, 11) is 0. The molecule has 1 saturated carbocycles. The molecule has 0 amide bonds. The molecule has 6 heteroatoms. The molecule has 1 unspecified atom stereocenters. The molecule has 0 radical (unpaired) electrons. The van der Waals surface area contributed by atoms with Crippen LogP contribution in [-0.2, 0) is 6.54 Å². The van der Waals surface area contributed by atoms with E-state index in [4.69, 9.17) is 0 Å². The minimum absolute atomic E-state index is 0.0225. The molecule has 1 atom stereocenters. The molecule has 0 spiro atoms. The number of hydrogen-bond acceptors (Lipinski definition) is 4. The first-order valence-electron chi connectivity index (χ1n) is 7.92. The maximum Gasteiger partial charge on any atom is 0.283 e. The fourth-order valence-electron chi connectivity index (χ4n) is 3.03. The monoisotopic (exact) mass is 354 g/mol. The maximum atomic E-state index is 12.3. The van der Waals surface area contributed by atoms with Gasteiger partial charge in [-0.1, -0.05) is 6.92 Å². The summed E-state index contributed by atoms with van der Waals surface area (Å²) in [4.78, 5) is 14.8. The lowest BCUT2D eigenvalue weighted by molar-refractivity contribution is 0.277. The van der Waals surface area contributed by atoms with Gasteiger partial charge in [0.1, 0.15) is 4.47 Å². The van der Waals surface area contributed by atoms with Gasteiger partial charge in [-0.05, 0) is 60.6 Å². The Kier molecular flexibility index (Phi) is 4.64. The second-order valence-electron chi connectivity index (χ2n) is 6.11. The summed E-state index contributed by atoms with van der Waals surface area (Å²) in [5.74, 6) is 0.650. The molecule has 116 valence electrons. The van der Waals surface area contributed by atoms with E-state index in [-0.39, 0.29) is 5.56 Å². The average molecular weight is 355 g/mol. The Morgan fingerprint density at radius 2 is 2.24 bits per heavy atom. The van der Waals surface area contributed by atoms with E-state index in [2.05, 4.69) is 38.2 Å². The van der Waals surface area contributed by atoms with Gasteiger partial charge in [0.15, 0.2) is 0 Å². The summed E-state index contributed by atoms with van der Waals surface area (Å²) in [6.45, 7) is 6.11. The summed E-state index contributed by atoms with van der Waals surface area (Å²) >= 11 is 3.43. The van der Waals surface area contributed by atoms with Crippen molar-refractivity contribution in [3.05, 3.63) is 21.0 Å². The summed E-state index contributed by atoms with van der Waals surface area (Å²) in [5.41, 5.74) is 0.792. The summed E-state index contributed by atoms with van der Waals surface area (Å²) in [5, 5.41) is 7.69. The number of nitrogens with one attached hydrogen (secondary N) is 1. The Balaban J connectivity index is 1.65. The summed E-state index contributed by atoms with van der Waals surface area (Å²) in [6.07, 6.45) is 6.72. The van der Waals surface area contributed by atoms with Gasteiger partial charge in [-0.2, -0.15) is 5.10 Å². The Labute approximate surface area is 133 Å². The van der Waals surface area contributed by atoms with Gasteiger partial charge in [0.25, 0.3) is 5.56 Å². The second kappa shape index (κ2) is 6.48.